The summed E-state index contributed by atoms with van der Waals surface area (Å²) in [4.78, 5) is 9.37. The monoisotopic (exact) mass is 261 g/mol. The Morgan fingerprint density at radius 3 is 2.95 bits per heavy atom. The van der Waals surface area contributed by atoms with Crippen molar-refractivity contribution >= 4 is 5.82 Å². The molecule has 0 aliphatic carbocycles. The van der Waals surface area contributed by atoms with Crippen LogP contribution in [0, 0.1) is 0 Å². The molecule has 0 bridgehead atoms. The molecule has 2 rings (SSSR count). The summed E-state index contributed by atoms with van der Waals surface area (Å²) in [5.41, 5.74) is 1.41. The molecule has 3 nitrogen and oxygen atoms in total. The van der Waals surface area contributed by atoms with Crippen LogP contribution in [0.5, 0.6) is 0 Å². The molecule has 2 heterocycles. The third kappa shape index (κ3) is 3.47. The van der Waals surface area contributed by atoms with Crippen molar-refractivity contribution in [3.8, 4) is 0 Å². The van der Waals surface area contributed by atoms with Gasteiger partial charge in [0.1, 0.15) is 5.82 Å². The second kappa shape index (κ2) is 6.90. The van der Waals surface area contributed by atoms with E-state index in [9.17, 15) is 0 Å². The highest BCUT2D eigenvalue weighted by Crippen LogP contribution is 2.34. The first-order chi connectivity index (χ1) is 9.24. The normalized spacial score (nSPS) is 20.5. The summed E-state index contributed by atoms with van der Waals surface area (Å²) < 4.78 is 0. The molecular formula is C16H27N3. The van der Waals surface area contributed by atoms with E-state index in [0.29, 0.717) is 6.04 Å². The van der Waals surface area contributed by atoms with Gasteiger partial charge in [0, 0.05) is 31.9 Å². The highest BCUT2D eigenvalue weighted by atomic mass is 15.2. The molecule has 0 N–H and O–H groups in total. The molecule has 106 valence electrons. The van der Waals surface area contributed by atoms with Crippen molar-refractivity contribution in [2.45, 2.75) is 45.1 Å². The minimum Gasteiger partial charge on any atom is -0.362 e. The highest BCUT2D eigenvalue weighted by molar-refractivity contribution is 5.47. The first kappa shape index (κ1) is 14.3. The lowest BCUT2D eigenvalue weighted by atomic mass is 9.95. The first-order valence-electron chi connectivity index (χ1n) is 7.60. The Hall–Kier alpha value is -1.09. The van der Waals surface area contributed by atoms with E-state index in [-0.39, 0.29) is 0 Å². The average Bonchev–Trinajstić information content (AvgIpc) is 2.45. The molecule has 1 aromatic heterocycles. The number of unbranched alkanes of at least 4 members (excludes halogenated alkanes) is 1. The number of likely N-dealkylation sites (tertiary alicyclic amines) is 1. The molecule has 0 saturated carbocycles. The third-order valence-corrected chi connectivity index (χ3v) is 4.01. The molecular weight excluding hydrogens is 234 g/mol. The zero-order chi connectivity index (χ0) is 13.7. The maximum absolute atomic E-state index is 4.57. The first-order valence-corrected chi connectivity index (χ1v) is 7.60. The minimum absolute atomic E-state index is 0.561. The molecule has 1 aromatic rings. The lowest BCUT2D eigenvalue weighted by molar-refractivity contribution is 0.147. The van der Waals surface area contributed by atoms with Gasteiger partial charge in [0.15, 0.2) is 0 Å². The molecule has 0 spiro atoms. The van der Waals surface area contributed by atoms with Crippen LogP contribution >= 0.6 is 0 Å². The van der Waals surface area contributed by atoms with Gasteiger partial charge in [-0.05, 0) is 38.4 Å². The molecule has 0 radical (unpaired) electrons. The molecule has 3 heteroatoms. The molecule has 1 aliphatic rings. The van der Waals surface area contributed by atoms with Gasteiger partial charge in [-0.15, -0.1) is 0 Å². The zero-order valence-corrected chi connectivity index (χ0v) is 12.6. The van der Waals surface area contributed by atoms with E-state index in [1.807, 2.05) is 6.20 Å². The SMILES string of the molecule is CCCCN1CCCCC1c1cccnc1N(C)C. The van der Waals surface area contributed by atoms with Gasteiger partial charge in [-0.1, -0.05) is 25.8 Å². The number of aromatic nitrogens is 1. The number of anilines is 1. The van der Waals surface area contributed by atoms with Crippen LogP contribution in [0.15, 0.2) is 18.3 Å². The van der Waals surface area contributed by atoms with Crippen LogP contribution in [-0.2, 0) is 0 Å². The number of hydrogen-bond acceptors (Lipinski definition) is 3. The van der Waals surface area contributed by atoms with Crippen LogP contribution in [0.2, 0.25) is 0 Å². The number of hydrogen-bond donors (Lipinski definition) is 0. The summed E-state index contributed by atoms with van der Waals surface area (Å²) in [6.07, 6.45) is 8.44. The van der Waals surface area contributed by atoms with Crippen LogP contribution in [0.4, 0.5) is 5.82 Å². The van der Waals surface area contributed by atoms with Gasteiger partial charge in [-0.3, -0.25) is 4.90 Å². The molecule has 19 heavy (non-hydrogen) atoms. The third-order valence-electron chi connectivity index (χ3n) is 4.01. The predicted molar refractivity (Wildman–Crippen MR) is 81.6 cm³/mol. The lowest BCUT2D eigenvalue weighted by Crippen LogP contribution is -2.35. The van der Waals surface area contributed by atoms with Gasteiger partial charge >= 0.3 is 0 Å². The van der Waals surface area contributed by atoms with Crippen molar-refractivity contribution in [3.63, 3.8) is 0 Å². The fraction of sp³-hybridized carbons (Fsp3) is 0.688. The zero-order valence-electron chi connectivity index (χ0n) is 12.6. The van der Waals surface area contributed by atoms with E-state index in [1.165, 1.54) is 50.8 Å². The van der Waals surface area contributed by atoms with Crippen LogP contribution in [0.1, 0.15) is 50.6 Å². The second-order valence-electron chi connectivity index (χ2n) is 5.71. The Kier molecular flexibility index (Phi) is 5.20. The topological polar surface area (TPSA) is 19.4 Å². The lowest BCUT2D eigenvalue weighted by Gasteiger charge is -2.37. The number of pyridine rings is 1. The molecule has 1 aliphatic heterocycles. The Morgan fingerprint density at radius 2 is 2.21 bits per heavy atom. The quantitative estimate of drug-likeness (QED) is 0.809. The van der Waals surface area contributed by atoms with Crippen molar-refractivity contribution in [3.05, 3.63) is 23.9 Å². The van der Waals surface area contributed by atoms with E-state index in [1.54, 1.807) is 0 Å². The van der Waals surface area contributed by atoms with Crippen molar-refractivity contribution in [2.24, 2.45) is 0 Å². The molecule has 1 saturated heterocycles. The van der Waals surface area contributed by atoms with Gasteiger partial charge < -0.3 is 4.90 Å². The van der Waals surface area contributed by atoms with Crippen LogP contribution in [-0.4, -0.2) is 37.1 Å². The average molecular weight is 261 g/mol. The number of rotatable bonds is 5. The van der Waals surface area contributed by atoms with E-state index < -0.39 is 0 Å². The Bertz CT molecular complexity index is 389. The van der Waals surface area contributed by atoms with Gasteiger partial charge in [-0.25, -0.2) is 4.98 Å². The van der Waals surface area contributed by atoms with Crippen LogP contribution < -0.4 is 4.90 Å². The maximum atomic E-state index is 4.57. The van der Waals surface area contributed by atoms with E-state index in [4.69, 9.17) is 0 Å². The Balaban J connectivity index is 2.21. The van der Waals surface area contributed by atoms with Gasteiger partial charge in [0.2, 0.25) is 0 Å². The molecule has 0 amide bonds. The summed E-state index contributed by atoms with van der Waals surface area (Å²) >= 11 is 0. The Labute approximate surface area is 117 Å². The molecule has 1 unspecified atom stereocenters. The molecule has 0 aromatic carbocycles. The smallest absolute Gasteiger partial charge is 0.132 e. The summed E-state index contributed by atoms with van der Waals surface area (Å²) in [5, 5.41) is 0. The van der Waals surface area contributed by atoms with Gasteiger partial charge in [0.05, 0.1) is 0 Å². The summed E-state index contributed by atoms with van der Waals surface area (Å²) in [6.45, 7) is 4.74. The predicted octanol–water partition coefficient (Wildman–Crippen LogP) is 3.47. The van der Waals surface area contributed by atoms with Crippen molar-refractivity contribution in [2.75, 3.05) is 32.1 Å². The summed E-state index contributed by atoms with van der Waals surface area (Å²) in [7, 11) is 4.18. The largest absolute Gasteiger partial charge is 0.362 e. The van der Waals surface area contributed by atoms with E-state index in [2.05, 4.69) is 47.9 Å². The summed E-state index contributed by atoms with van der Waals surface area (Å²) in [6, 6.07) is 4.90. The fourth-order valence-corrected chi connectivity index (χ4v) is 3.02. The minimum atomic E-state index is 0.561. The highest BCUT2D eigenvalue weighted by Gasteiger charge is 2.26. The number of nitrogens with zero attached hydrogens (tertiary/aromatic N) is 3. The second-order valence-corrected chi connectivity index (χ2v) is 5.71. The fourth-order valence-electron chi connectivity index (χ4n) is 3.02. The summed E-state index contributed by atoms with van der Waals surface area (Å²) in [5.74, 6) is 1.14. The van der Waals surface area contributed by atoms with E-state index in [0.717, 1.165) is 5.82 Å². The van der Waals surface area contributed by atoms with Crippen LogP contribution in [0.3, 0.4) is 0 Å². The van der Waals surface area contributed by atoms with Crippen molar-refractivity contribution in [1.82, 2.24) is 9.88 Å². The molecule has 1 fully saturated rings. The standard InChI is InChI=1S/C16H27N3/c1-4-5-12-19-13-7-6-10-15(19)14-9-8-11-17-16(14)18(2)3/h8-9,11,15H,4-7,10,12-13H2,1-3H3. The van der Waals surface area contributed by atoms with Crippen molar-refractivity contribution in [1.29, 1.82) is 0 Å². The van der Waals surface area contributed by atoms with Gasteiger partial charge in [0.25, 0.3) is 0 Å². The number of piperidine rings is 1. The van der Waals surface area contributed by atoms with Crippen molar-refractivity contribution < 1.29 is 0 Å². The molecule has 1 atom stereocenters. The maximum Gasteiger partial charge on any atom is 0.132 e. The van der Waals surface area contributed by atoms with Crippen LogP contribution in [0.25, 0.3) is 0 Å². The Morgan fingerprint density at radius 1 is 1.37 bits per heavy atom. The van der Waals surface area contributed by atoms with E-state index >= 15 is 0 Å². The van der Waals surface area contributed by atoms with Gasteiger partial charge in [-0.2, -0.15) is 0 Å².